The van der Waals surface area contributed by atoms with E-state index in [4.69, 9.17) is 10.8 Å². The van der Waals surface area contributed by atoms with Crippen LogP contribution < -0.4 is 5.73 Å². The molecule has 0 aromatic rings. The van der Waals surface area contributed by atoms with Gasteiger partial charge in [0.25, 0.3) is 0 Å². The largest absolute Gasteiger partial charge is 0.481 e. The first-order valence-corrected chi connectivity index (χ1v) is 6.66. The predicted molar refractivity (Wildman–Crippen MR) is 71.8 cm³/mol. The van der Waals surface area contributed by atoms with Crippen molar-refractivity contribution >= 4 is 23.6 Å². The number of carboxylic acid groups (broad SMARTS) is 1. The van der Waals surface area contributed by atoms with Crippen LogP contribution in [0.2, 0.25) is 0 Å². The van der Waals surface area contributed by atoms with Gasteiger partial charge in [0, 0.05) is 19.5 Å². The number of carbonyl (C=O) groups is 4. The van der Waals surface area contributed by atoms with Gasteiger partial charge in [-0.15, -0.1) is 0 Å². The van der Waals surface area contributed by atoms with Gasteiger partial charge in [-0.2, -0.15) is 0 Å². The van der Waals surface area contributed by atoms with E-state index in [0.717, 1.165) is 12.8 Å². The number of amides is 2. The molecule has 0 aromatic heterocycles. The molecule has 0 unspecified atom stereocenters. The number of aliphatic carboxylic acids is 1. The molecule has 0 radical (unpaired) electrons. The zero-order valence-electron chi connectivity index (χ0n) is 11.8. The van der Waals surface area contributed by atoms with Crippen molar-refractivity contribution in [3.8, 4) is 0 Å². The summed E-state index contributed by atoms with van der Waals surface area (Å²) in [6.07, 6.45) is 1.39. The van der Waals surface area contributed by atoms with Gasteiger partial charge in [0.15, 0.2) is 0 Å². The van der Waals surface area contributed by atoms with Gasteiger partial charge in [0.2, 0.25) is 11.8 Å². The fourth-order valence-corrected chi connectivity index (χ4v) is 1.70. The van der Waals surface area contributed by atoms with Crippen LogP contribution >= 0.6 is 0 Å². The number of nitrogens with two attached hydrogens (primary N) is 1. The number of primary amides is 1. The van der Waals surface area contributed by atoms with Crippen molar-refractivity contribution in [3.05, 3.63) is 0 Å². The van der Waals surface area contributed by atoms with Gasteiger partial charge in [0.05, 0.1) is 6.42 Å². The van der Waals surface area contributed by atoms with Crippen LogP contribution in [0.15, 0.2) is 0 Å². The minimum Gasteiger partial charge on any atom is -0.481 e. The number of unbranched alkanes of at least 4 members (excludes halogenated alkanes) is 1. The molecular formula is C13H22N2O5. The van der Waals surface area contributed by atoms with E-state index < -0.39 is 24.2 Å². The van der Waals surface area contributed by atoms with Crippen molar-refractivity contribution in [3.63, 3.8) is 0 Å². The number of hydrogen-bond acceptors (Lipinski definition) is 4. The van der Waals surface area contributed by atoms with Crippen molar-refractivity contribution in [1.29, 1.82) is 0 Å². The normalized spacial score (nSPS) is 10.1. The molecule has 0 saturated carbocycles. The van der Waals surface area contributed by atoms with Crippen molar-refractivity contribution in [1.82, 2.24) is 4.90 Å². The summed E-state index contributed by atoms with van der Waals surface area (Å²) in [5, 5.41) is 8.62. The number of ketones is 1. The molecule has 7 nitrogen and oxygen atoms in total. The van der Waals surface area contributed by atoms with E-state index in [2.05, 4.69) is 0 Å². The Morgan fingerprint density at radius 2 is 1.65 bits per heavy atom. The molecule has 7 heteroatoms. The summed E-state index contributed by atoms with van der Waals surface area (Å²) >= 11 is 0. The van der Waals surface area contributed by atoms with Crippen LogP contribution in [0.5, 0.6) is 0 Å². The molecule has 3 N–H and O–H groups in total. The van der Waals surface area contributed by atoms with Crippen LogP contribution in [0.25, 0.3) is 0 Å². The molecule has 0 spiro atoms. The smallest absolute Gasteiger partial charge is 0.312 e. The second-order valence-corrected chi connectivity index (χ2v) is 4.59. The summed E-state index contributed by atoms with van der Waals surface area (Å²) in [7, 11) is 0. The SMILES string of the molecule is CCCCN(CCCC(=O)CC(N)=O)C(=O)CC(=O)O. The van der Waals surface area contributed by atoms with Gasteiger partial charge in [0.1, 0.15) is 12.2 Å². The van der Waals surface area contributed by atoms with Gasteiger partial charge in [-0.25, -0.2) is 0 Å². The lowest BCUT2D eigenvalue weighted by Crippen LogP contribution is -2.34. The Morgan fingerprint density at radius 3 is 2.15 bits per heavy atom. The minimum absolute atomic E-state index is 0.159. The lowest BCUT2D eigenvalue weighted by Gasteiger charge is -2.21. The third kappa shape index (κ3) is 9.07. The molecule has 0 saturated heterocycles. The van der Waals surface area contributed by atoms with E-state index in [-0.39, 0.29) is 18.6 Å². The van der Waals surface area contributed by atoms with E-state index in [1.165, 1.54) is 4.90 Å². The molecule has 2 amide bonds. The highest BCUT2D eigenvalue weighted by Crippen LogP contribution is 2.04. The molecule has 114 valence electrons. The van der Waals surface area contributed by atoms with Crippen LogP contribution in [0.1, 0.15) is 45.4 Å². The molecule has 0 fully saturated rings. The monoisotopic (exact) mass is 286 g/mol. The number of hydrogen-bond donors (Lipinski definition) is 2. The Balaban J connectivity index is 4.22. The van der Waals surface area contributed by atoms with Gasteiger partial charge < -0.3 is 15.7 Å². The average molecular weight is 286 g/mol. The fourth-order valence-electron chi connectivity index (χ4n) is 1.70. The molecule has 0 bridgehead atoms. The van der Waals surface area contributed by atoms with Crippen LogP contribution in [0, 0.1) is 0 Å². The van der Waals surface area contributed by atoms with Crippen LogP contribution in [0.3, 0.4) is 0 Å². The average Bonchev–Trinajstić information content (AvgIpc) is 2.31. The Morgan fingerprint density at radius 1 is 1.05 bits per heavy atom. The molecule has 0 aliphatic carbocycles. The molecule has 0 aliphatic rings. The van der Waals surface area contributed by atoms with Crippen LogP contribution in [0.4, 0.5) is 0 Å². The summed E-state index contributed by atoms with van der Waals surface area (Å²) < 4.78 is 0. The van der Waals surface area contributed by atoms with E-state index in [1.807, 2.05) is 6.92 Å². The van der Waals surface area contributed by atoms with Crippen molar-refractivity contribution in [2.45, 2.75) is 45.4 Å². The summed E-state index contributed by atoms with van der Waals surface area (Å²) in [5.41, 5.74) is 4.90. The molecular weight excluding hydrogens is 264 g/mol. The maximum Gasteiger partial charge on any atom is 0.312 e. The highest BCUT2D eigenvalue weighted by atomic mass is 16.4. The quantitative estimate of drug-likeness (QED) is 0.530. The van der Waals surface area contributed by atoms with Crippen molar-refractivity contribution in [2.75, 3.05) is 13.1 Å². The lowest BCUT2D eigenvalue weighted by molar-refractivity contribution is -0.144. The van der Waals surface area contributed by atoms with Gasteiger partial charge in [-0.1, -0.05) is 13.3 Å². The number of carbonyl (C=O) groups excluding carboxylic acids is 3. The first-order valence-electron chi connectivity index (χ1n) is 6.66. The number of rotatable bonds is 11. The van der Waals surface area contributed by atoms with Crippen molar-refractivity contribution in [2.24, 2.45) is 5.73 Å². The maximum absolute atomic E-state index is 11.7. The Hall–Kier alpha value is -1.92. The highest BCUT2D eigenvalue weighted by molar-refractivity contribution is 5.97. The van der Waals surface area contributed by atoms with E-state index in [1.54, 1.807) is 0 Å². The third-order valence-corrected chi connectivity index (χ3v) is 2.69. The predicted octanol–water partition coefficient (Wildman–Crippen LogP) is 0.315. The standard InChI is InChI=1S/C13H22N2O5/c1-2-3-6-15(12(18)9-13(19)20)7-4-5-10(16)8-11(14)17/h2-9H2,1H3,(H2,14,17)(H,19,20). The summed E-state index contributed by atoms with van der Waals surface area (Å²) in [5.74, 6) is -2.55. The van der Waals surface area contributed by atoms with Gasteiger partial charge in [-0.05, 0) is 12.8 Å². The van der Waals surface area contributed by atoms with E-state index >= 15 is 0 Å². The summed E-state index contributed by atoms with van der Waals surface area (Å²) in [4.78, 5) is 45.5. The zero-order chi connectivity index (χ0) is 15.5. The molecule has 0 rings (SSSR count). The number of Topliss-reactive ketones (excluding diaryl/α,β-unsaturated/α-hetero) is 1. The molecule has 20 heavy (non-hydrogen) atoms. The second-order valence-electron chi connectivity index (χ2n) is 4.59. The summed E-state index contributed by atoms with van der Waals surface area (Å²) in [6.45, 7) is 2.76. The Bertz CT molecular complexity index is 368. The van der Waals surface area contributed by atoms with Crippen molar-refractivity contribution < 1.29 is 24.3 Å². The highest BCUT2D eigenvalue weighted by Gasteiger charge is 2.16. The fraction of sp³-hybridized carbons (Fsp3) is 0.692. The molecule has 0 heterocycles. The Labute approximate surface area is 118 Å². The lowest BCUT2D eigenvalue weighted by atomic mass is 10.1. The Kier molecular flexibility index (Phi) is 8.98. The zero-order valence-corrected chi connectivity index (χ0v) is 11.8. The molecule has 0 aromatic carbocycles. The topological polar surface area (TPSA) is 118 Å². The van der Waals surface area contributed by atoms with E-state index in [0.29, 0.717) is 19.5 Å². The minimum atomic E-state index is -1.17. The first kappa shape index (κ1) is 18.1. The van der Waals surface area contributed by atoms with Crippen LogP contribution in [-0.4, -0.2) is 46.7 Å². The molecule has 0 aliphatic heterocycles. The molecule has 0 atom stereocenters. The van der Waals surface area contributed by atoms with E-state index in [9.17, 15) is 19.2 Å². The number of nitrogens with zero attached hydrogens (tertiary/aromatic N) is 1. The maximum atomic E-state index is 11.7. The van der Waals surface area contributed by atoms with Gasteiger partial charge in [-0.3, -0.25) is 19.2 Å². The third-order valence-electron chi connectivity index (χ3n) is 2.69. The summed E-state index contributed by atoms with van der Waals surface area (Å²) in [6, 6.07) is 0. The first-order chi connectivity index (χ1) is 9.36. The second kappa shape index (κ2) is 9.94. The van der Waals surface area contributed by atoms with Crippen LogP contribution in [-0.2, 0) is 19.2 Å². The number of carboxylic acids is 1. The van der Waals surface area contributed by atoms with Gasteiger partial charge >= 0.3 is 5.97 Å².